The first-order chi connectivity index (χ1) is 15.5. The summed E-state index contributed by atoms with van der Waals surface area (Å²) in [5.74, 6) is 0.522. The van der Waals surface area contributed by atoms with Gasteiger partial charge in [0, 0.05) is 24.3 Å². The molecular formula is C22H26N6O3S. The Labute approximate surface area is 191 Å². The molecule has 3 aromatic rings. The minimum absolute atomic E-state index is 0.0261. The maximum absolute atomic E-state index is 12.4. The highest BCUT2D eigenvalue weighted by Gasteiger charge is 2.16. The molecule has 0 spiro atoms. The van der Waals surface area contributed by atoms with Crippen LogP contribution in [0.15, 0.2) is 47.6 Å². The molecule has 0 fully saturated rings. The van der Waals surface area contributed by atoms with Gasteiger partial charge in [0.1, 0.15) is 11.4 Å². The van der Waals surface area contributed by atoms with Gasteiger partial charge in [0.15, 0.2) is 0 Å². The zero-order chi connectivity index (χ0) is 23.1. The third-order valence-electron chi connectivity index (χ3n) is 4.80. The predicted octanol–water partition coefficient (Wildman–Crippen LogP) is 3.19. The molecule has 0 unspecified atom stereocenters. The molecule has 32 heavy (non-hydrogen) atoms. The van der Waals surface area contributed by atoms with Gasteiger partial charge in [0.2, 0.25) is 11.1 Å². The number of hydrogen-bond acceptors (Lipinski definition) is 7. The number of carbonyl (C=O) groups is 2. The zero-order valence-electron chi connectivity index (χ0n) is 18.5. The van der Waals surface area contributed by atoms with Gasteiger partial charge in [-0.15, -0.1) is 5.10 Å². The lowest BCUT2D eigenvalue weighted by Gasteiger charge is -2.18. The Bertz CT molecular complexity index is 1080. The summed E-state index contributed by atoms with van der Waals surface area (Å²) in [6.07, 6.45) is 0. The van der Waals surface area contributed by atoms with Crippen LogP contribution in [0.4, 0.5) is 5.69 Å². The van der Waals surface area contributed by atoms with Crippen molar-refractivity contribution < 1.29 is 14.3 Å². The summed E-state index contributed by atoms with van der Waals surface area (Å²) >= 11 is 1.22. The van der Waals surface area contributed by atoms with Crippen LogP contribution in [0.1, 0.15) is 29.8 Å². The van der Waals surface area contributed by atoms with Gasteiger partial charge in [-0.2, -0.15) is 4.68 Å². The molecule has 0 radical (unpaired) electrons. The van der Waals surface area contributed by atoms with Crippen LogP contribution in [0, 0.1) is 6.92 Å². The molecule has 1 aromatic heterocycles. The smallest absolute Gasteiger partial charge is 0.253 e. The van der Waals surface area contributed by atoms with Crippen molar-refractivity contribution in [3.8, 4) is 11.4 Å². The number of benzene rings is 2. The molecule has 2 amide bonds. The van der Waals surface area contributed by atoms with Crippen molar-refractivity contribution in [2.24, 2.45) is 0 Å². The Morgan fingerprint density at radius 1 is 1.12 bits per heavy atom. The summed E-state index contributed by atoms with van der Waals surface area (Å²) in [7, 11) is 1.58. The molecule has 0 aliphatic heterocycles. The van der Waals surface area contributed by atoms with E-state index >= 15 is 0 Å². The highest BCUT2D eigenvalue weighted by atomic mass is 32.2. The normalized spacial score (nSPS) is 10.6. The van der Waals surface area contributed by atoms with Crippen molar-refractivity contribution in [3.63, 3.8) is 0 Å². The van der Waals surface area contributed by atoms with E-state index in [0.717, 1.165) is 5.56 Å². The Hall–Kier alpha value is -3.40. The number of carbonyl (C=O) groups excluding carboxylic acids is 2. The van der Waals surface area contributed by atoms with Crippen LogP contribution in [-0.4, -0.2) is 62.9 Å². The van der Waals surface area contributed by atoms with E-state index in [1.54, 1.807) is 41.0 Å². The molecule has 0 bridgehead atoms. The van der Waals surface area contributed by atoms with Crippen LogP contribution < -0.4 is 10.1 Å². The number of tetrazole rings is 1. The molecule has 0 saturated heterocycles. The van der Waals surface area contributed by atoms with Crippen molar-refractivity contribution in [2.45, 2.75) is 25.9 Å². The second-order valence-electron chi connectivity index (χ2n) is 6.94. The van der Waals surface area contributed by atoms with E-state index in [4.69, 9.17) is 4.74 Å². The molecule has 0 aliphatic rings. The Morgan fingerprint density at radius 2 is 1.84 bits per heavy atom. The number of anilines is 1. The summed E-state index contributed by atoms with van der Waals surface area (Å²) in [5.41, 5.74) is 2.95. The topological polar surface area (TPSA) is 102 Å². The first-order valence-corrected chi connectivity index (χ1v) is 11.2. The minimum Gasteiger partial charge on any atom is -0.494 e. The number of hydrogen-bond donors (Lipinski definition) is 1. The SMILES string of the molecule is CCN(CC)C(=O)c1ccc(NC(=O)CSc2nnnn2-c2cc(C)ccc2OC)cc1. The maximum atomic E-state index is 12.4. The van der Waals surface area contributed by atoms with Gasteiger partial charge in [0.05, 0.1) is 12.9 Å². The molecule has 168 valence electrons. The summed E-state index contributed by atoms with van der Waals surface area (Å²) < 4.78 is 6.96. The Kier molecular flexibility index (Phi) is 7.82. The van der Waals surface area contributed by atoms with Gasteiger partial charge in [-0.05, 0) is 73.2 Å². The number of aromatic nitrogens is 4. The molecule has 1 heterocycles. The Balaban J connectivity index is 1.63. The number of methoxy groups -OCH3 is 1. The second-order valence-corrected chi connectivity index (χ2v) is 7.88. The van der Waals surface area contributed by atoms with Crippen molar-refractivity contribution >= 4 is 29.3 Å². The molecule has 9 nitrogen and oxygen atoms in total. The third kappa shape index (κ3) is 5.44. The van der Waals surface area contributed by atoms with Gasteiger partial charge in [-0.1, -0.05) is 17.8 Å². The highest BCUT2D eigenvalue weighted by molar-refractivity contribution is 7.99. The molecule has 2 aromatic carbocycles. The standard InChI is InChI=1S/C22H26N6O3S/c1-5-27(6-2)21(30)16-8-10-17(11-9-16)23-20(29)14-32-22-24-25-26-28(22)18-13-15(3)7-12-19(18)31-4/h7-13H,5-6,14H2,1-4H3,(H,23,29). The van der Waals surface area contributed by atoms with Crippen LogP contribution in [0.5, 0.6) is 5.75 Å². The fraction of sp³-hybridized carbons (Fsp3) is 0.318. The van der Waals surface area contributed by atoms with Gasteiger partial charge >= 0.3 is 0 Å². The van der Waals surface area contributed by atoms with E-state index in [0.29, 0.717) is 40.9 Å². The van der Waals surface area contributed by atoms with E-state index in [1.165, 1.54) is 11.8 Å². The van der Waals surface area contributed by atoms with Gasteiger partial charge in [-0.25, -0.2) is 0 Å². The van der Waals surface area contributed by atoms with Gasteiger partial charge in [0.25, 0.3) is 5.91 Å². The van der Waals surface area contributed by atoms with Crippen LogP contribution >= 0.6 is 11.8 Å². The van der Waals surface area contributed by atoms with Crippen LogP contribution in [0.2, 0.25) is 0 Å². The Morgan fingerprint density at radius 3 is 2.50 bits per heavy atom. The number of rotatable bonds is 9. The van der Waals surface area contributed by atoms with Crippen LogP contribution in [0.3, 0.4) is 0 Å². The minimum atomic E-state index is -0.205. The van der Waals surface area contributed by atoms with Crippen LogP contribution in [-0.2, 0) is 4.79 Å². The molecule has 10 heteroatoms. The molecular weight excluding hydrogens is 428 g/mol. The van der Waals surface area contributed by atoms with Gasteiger partial charge in [-0.3, -0.25) is 9.59 Å². The van der Waals surface area contributed by atoms with Gasteiger partial charge < -0.3 is 15.0 Å². The lowest BCUT2D eigenvalue weighted by atomic mass is 10.2. The number of thioether (sulfide) groups is 1. The maximum Gasteiger partial charge on any atom is 0.253 e. The van der Waals surface area contributed by atoms with E-state index in [2.05, 4.69) is 20.8 Å². The van der Waals surface area contributed by atoms with Crippen molar-refractivity contribution in [1.82, 2.24) is 25.1 Å². The number of ether oxygens (including phenoxy) is 1. The lowest BCUT2D eigenvalue weighted by molar-refractivity contribution is -0.113. The molecule has 1 N–H and O–H groups in total. The van der Waals surface area contributed by atoms with E-state index in [1.807, 2.05) is 39.0 Å². The number of aryl methyl sites for hydroxylation is 1. The average Bonchev–Trinajstić information content (AvgIpc) is 3.27. The summed E-state index contributed by atoms with van der Waals surface area (Å²) in [6.45, 7) is 7.16. The summed E-state index contributed by atoms with van der Waals surface area (Å²) in [6, 6.07) is 12.6. The molecule has 0 atom stereocenters. The first-order valence-electron chi connectivity index (χ1n) is 10.2. The van der Waals surface area contributed by atoms with Crippen molar-refractivity contribution in [2.75, 3.05) is 31.3 Å². The second kappa shape index (κ2) is 10.8. The monoisotopic (exact) mass is 454 g/mol. The van der Waals surface area contributed by atoms with Crippen molar-refractivity contribution in [3.05, 3.63) is 53.6 Å². The van der Waals surface area contributed by atoms with Crippen molar-refractivity contribution in [1.29, 1.82) is 0 Å². The molecule has 0 saturated carbocycles. The number of amides is 2. The van der Waals surface area contributed by atoms with E-state index in [-0.39, 0.29) is 17.6 Å². The van der Waals surface area contributed by atoms with E-state index < -0.39 is 0 Å². The predicted molar refractivity (Wildman–Crippen MR) is 123 cm³/mol. The number of nitrogens with zero attached hydrogens (tertiary/aromatic N) is 5. The lowest BCUT2D eigenvalue weighted by Crippen LogP contribution is -2.30. The summed E-state index contributed by atoms with van der Waals surface area (Å²) in [5, 5.41) is 15.1. The average molecular weight is 455 g/mol. The fourth-order valence-electron chi connectivity index (χ4n) is 3.10. The van der Waals surface area contributed by atoms with Crippen LogP contribution in [0.25, 0.3) is 5.69 Å². The quantitative estimate of drug-likeness (QED) is 0.495. The highest BCUT2D eigenvalue weighted by Crippen LogP contribution is 2.27. The first kappa shape index (κ1) is 23.3. The molecule has 0 aliphatic carbocycles. The molecule has 3 rings (SSSR count). The summed E-state index contributed by atoms with van der Waals surface area (Å²) in [4.78, 5) is 26.6. The van der Waals surface area contributed by atoms with E-state index in [9.17, 15) is 9.59 Å². The number of nitrogens with one attached hydrogen (secondary N) is 1. The largest absolute Gasteiger partial charge is 0.494 e. The zero-order valence-corrected chi connectivity index (χ0v) is 19.3. The third-order valence-corrected chi connectivity index (χ3v) is 5.72. The fourth-order valence-corrected chi connectivity index (χ4v) is 3.79.